The van der Waals surface area contributed by atoms with E-state index in [1.54, 1.807) is 12.1 Å². The van der Waals surface area contributed by atoms with Crippen LogP contribution < -0.4 is 10.2 Å². The van der Waals surface area contributed by atoms with Crippen LogP contribution in [-0.4, -0.2) is 34.7 Å². The summed E-state index contributed by atoms with van der Waals surface area (Å²) in [5, 5.41) is 2.72. The SMILES string of the molecule is CN(C)c1cccc(C(NC(=O)c2ccc(C(F)(F)F)c(F)c2)c2ccc(S(C)(=O)=O)cc2)c1. The number of benzene rings is 3. The van der Waals surface area contributed by atoms with Crippen molar-refractivity contribution < 1.29 is 30.8 Å². The molecule has 0 bridgehead atoms. The van der Waals surface area contributed by atoms with Crippen LogP contribution in [0.1, 0.15) is 33.1 Å². The standard InChI is InChI=1S/C24H22F4N2O3S/c1-30(2)18-6-4-5-16(13-18)22(15-7-10-19(11-8-15)34(3,32)33)29-23(31)17-9-12-20(21(25)14-17)24(26,27)28/h4-14,22H,1-3H3,(H,29,31). The molecule has 3 rings (SSSR count). The third-order valence-corrected chi connectivity index (χ3v) is 6.30. The summed E-state index contributed by atoms with van der Waals surface area (Å²) in [5.74, 6) is -2.34. The van der Waals surface area contributed by atoms with Crippen molar-refractivity contribution >= 4 is 21.4 Å². The molecular formula is C24H22F4N2O3S. The van der Waals surface area contributed by atoms with Gasteiger partial charge in [-0.3, -0.25) is 4.79 Å². The lowest BCUT2D eigenvalue weighted by Crippen LogP contribution is -2.29. The molecule has 1 N–H and O–H groups in total. The maximum atomic E-state index is 14.0. The highest BCUT2D eigenvalue weighted by Crippen LogP contribution is 2.32. The molecule has 10 heteroatoms. The molecule has 180 valence electrons. The van der Waals surface area contributed by atoms with Crippen LogP contribution in [0.15, 0.2) is 71.6 Å². The molecule has 0 saturated carbocycles. The molecule has 1 amide bonds. The number of rotatable bonds is 6. The number of nitrogens with one attached hydrogen (secondary N) is 1. The van der Waals surface area contributed by atoms with Crippen LogP contribution >= 0.6 is 0 Å². The molecule has 1 unspecified atom stereocenters. The van der Waals surface area contributed by atoms with E-state index in [0.29, 0.717) is 23.3 Å². The minimum absolute atomic E-state index is 0.0909. The fraction of sp³-hybridized carbons (Fsp3) is 0.208. The van der Waals surface area contributed by atoms with Gasteiger partial charge in [-0.05, 0) is 53.6 Å². The predicted molar refractivity (Wildman–Crippen MR) is 121 cm³/mol. The number of halogens is 4. The third-order valence-electron chi connectivity index (χ3n) is 5.17. The summed E-state index contributed by atoms with van der Waals surface area (Å²) in [6.45, 7) is 0. The van der Waals surface area contributed by atoms with Gasteiger partial charge in [0.15, 0.2) is 9.84 Å². The maximum Gasteiger partial charge on any atom is 0.419 e. The number of nitrogens with zero attached hydrogens (tertiary/aromatic N) is 1. The van der Waals surface area contributed by atoms with Crippen molar-refractivity contribution in [2.75, 3.05) is 25.3 Å². The van der Waals surface area contributed by atoms with Crippen molar-refractivity contribution in [2.24, 2.45) is 0 Å². The summed E-state index contributed by atoms with van der Waals surface area (Å²) in [4.78, 5) is 14.8. The molecule has 0 aromatic heterocycles. The lowest BCUT2D eigenvalue weighted by Gasteiger charge is -2.22. The van der Waals surface area contributed by atoms with Gasteiger partial charge in [0.2, 0.25) is 0 Å². The molecule has 0 saturated heterocycles. The first kappa shape index (κ1) is 25.2. The van der Waals surface area contributed by atoms with Gasteiger partial charge in [-0.15, -0.1) is 0 Å². The van der Waals surface area contributed by atoms with E-state index < -0.39 is 39.3 Å². The predicted octanol–water partition coefficient (Wildman–Crippen LogP) is 4.83. The molecule has 3 aromatic carbocycles. The van der Waals surface area contributed by atoms with Crippen LogP contribution in [0.4, 0.5) is 23.2 Å². The first-order valence-corrected chi connectivity index (χ1v) is 11.9. The summed E-state index contributed by atoms with van der Waals surface area (Å²) in [5.41, 5.74) is 0.246. The summed E-state index contributed by atoms with van der Waals surface area (Å²) in [6, 6.07) is 14.2. The lowest BCUT2D eigenvalue weighted by atomic mass is 9.97. The summed E-state index contributed by atoms with van der Waals surface area (Å²) in [6.07, 6.45) is -3.81. The quantitative estimate of drug-likeness (QED) is 0.499. The van der Waals surface area contributed by atoms with Crippen LogP contribution in [0, 0.1) is 5.82 Å². The van der Waals surface area contributed by atoms with Gasteiger partial charge in [-0.2, -0.15) is 13.2 Å². The highest BCUT2D eigenvalue weighted by molar-refractivity contribution is 7.90. The van der Waals surface area contributed by atoms with Crippen LogP contribution in [0.5, 0.6) is 0 Å². The summed E-state index contributed by atoms with van der Waals surface area (Å²) in [7, 11) is 0.221. The second kappa shape index (κ2) is 9.46. The molecule has 0 aliphatic carbocycles. The minimum Gasteiger partial charge on any atom is -0.378 e. The second-order valence-corrected chi connectivity index (χ2v) is 9.95. The third kappa shape index (κ3) is 5.74. The van der Waals surface area contributed by atoms with Gasteiger partial charge in [-0.1, -0.05) is 24.3 Å². The average Bonchev–Trinajstić information content (AvgIpc) is 2.76. The molecule has 1 atom stereocenters. The molecule has 0 radical (unpaired) electrons. The van der Waals surface area contributed by atoms with Crippen molar-refractivity contribution in [3.8, 4) is 0 Å². The van der Waals surface area contributed by atoms with Crippen LogP contribution in [0.2, 0.25) is 0 Å². The molecule has 0 aliphatic rings. The Labute approximate surface area is 194 Å². The largest absolute Gasteiger partial charge is 0.419 e. The Hall–Kier alpha value is -3.40. The molecule has 0 spiro atoms. The Balaban J connectivity index is 2.01. The fourth-order valence-corrected chi connectivity index (χ4v) is 3.98. The van der Waals surface area contributed by atoms with Crippen molar-refractivity contribution in [1.82, 2.24) is 5.32 Å². The van der Waals surface area contributed by atoms with Gasteiger partial charge in [0.05, 0.1) is 16.5 Å². The van der Waals surface area contributed by atoms with Gasteiger partial charge >= 0.3 is 6.18 Å². The normalized spacial score (nSPS) is 12.8. The Morgan fingerprint density at radius 2 is 1.59 bits per heavy atom. The van der Waals surface area contributed by atoms with E-state index in [-0.39, 0.29) is 10.5 Å². The van der Waals surface area contributed by atoms with Gasteiger partial charge in [-0.25, -0.2) is 12.8 Å². The van der Waals surface area contributed by atoms with E-state index in [0.717, 1.165) is 18.0 Å². The van der Waals surface area contributed by atoms with E-state index in [2.05, 4.69) is 5.32 Å². The topological polar surface area (TPSA) is 66.5 Å². The van der Waals surface area contributed by atoms with Crippen molar-refractivity contribution in [2.45, 2.75) is 17.1 Å². The van der Waals surface area contributed by atoms with Gasteiger partial charge in [0, 0.05) is 31.6 Å². The number of hydrogen-bond donors (Lipinski definition) is 1. The van der Waals surface area contributed by atoms with Crippen LogP contribution in [0.3, 0.4) is 0 Å². The van der Waals surface area contributed by atoms with E-state index in [1.807, 2.05) is 31.1 Å². The molecule has 3 aromatic rings. The summed E-state index contributed by atoms with van der Waals surface area (Å²) < 4.78 is 76.2. The van der Waals surface area contributed by atoms with E-state index >= 15 is 0 Å². The van der Waals surface area contributed by atoms with E-state index in [9.17, 15) is 30.8 Å². The Kier molecular flexibility index (Phi) is 7.02. The van der Waals surface area contributed by atoms with Gasteiger partial charge in [0.25, 0.3) is 5.91 Å². The van der Waals surface area contributed by atoms with Gasteiger partial charge in [0.1, 0.15) is 5.82 Å². The zero-order valence-corrected chi connectivity index (χ0v) is 19.3. The number of alkyl halides is 3. The molecule has 34 heavy (non-hydrogen) atoms. The number of amides is 1. The number of anilines is 1. The molecule has 0 heterocycles. The number of carbonyl (C=O) groups is 1. The van der Waals surface area contributed by atoms with E-state index in [1.165, 1.54) is 24.3 Å². The van der Waals surface area contributed by atoms with Crippen LogP contribution in [0.25, 0.3) is 0 Å². The zero-order valence-electron chi connectivity index (χ0n) is 18.5. The number of carbonyl (C=O) groups excluding carboxylic acids is 1. The zero-order chi connectivity index (χ0) is 25.3. The monoisotopic (exact) mass is 494 g/mol. The lowest BCUT2D eigenvalue weighted by molar-refractivity contribution is -0.140. The van der Waals surface area contributed by atoms with Crippen molar-refractivity contribution in [3.05, 3.63) is 94.8 Å². The number of hydrogen-bond acceptors (Lipinski definition) is 4. The minimum atomic E-state index is -4.88. The first-order valence-electron chi connectivity index (χ1n) is 10.0. The highest BCUT2D eigenvalue weighted by Gasteiger charge is 2.34. The first-order chi connectivity index (χ1) is 15.8. The Bertz CT molecular complexity index is 1300. The molecule has 0 aliphatic heterocycles. The average molecular weight is 495 g/mol. The second-order valence-electron chi connectivity index (χ2n) is 7.93. The maximum absolute atomic E-state index is 14.0. The summed E-state index contributed by atoms with van der Waals surface area (Å²) >= 11 is 0. The Morgan fingerprint density at radius 3 is 2.12 bits per heavy atom. The highest BCUT2D eigenvalue weighted by atomic mass is 32.2. The smallest absolute Gasteiger partial charge is 0.378 e. The molecule has 0 fully saturated rings. The van der Waals surface area contributed by atoms with Crippen molar-refractivity contribution in [3.63, 3.8) is 0 Å². The number of sulfone groups is 1. The molecule has 5 nitrogen and oxygen atoms in total. The van der Waals surface area contributed by atoms with Crippen molar-refractivity contribution in [1.29, 1.82) is 0 Å². The van der Waals surface area contributed by atoms with Crippen LogP contribution in [-0.2, 0) is 16.0 Å². The molecular weight excluding hydrogens is 472 g/mol. The Morgan fingerprint density at radius 1 is 0.941 bits per heavy atom. The van der Waals surface area contributed by atoms with E-state index in [4.69, 9.17) is 0 Å². The fourth-order valence-electron chi connectivity index (χ4n) is 3.35. The van der Waals surface area contributed by atoms with Gasteiger partial charge < -0.3 is 10.2 Å².